The van der Waals surface area contributed by atoms with E-state index in [-0.39, 0.29) is 0 Å². The third-order valence-electron chi connectivity index (χ3n) is 1.86. The number of rotatable bonds is 2. The topological polar surface area (TPSA) is 30.0 Å². The highest BCUT2D eigenvalue weighted by atomic mass is 32.1. The summed E-state index contributed by atoms with van der Waals surface area (Å²) in [5.74, 6) is -0.517. The van der Waals surface area contributed by atoms with E-state index in [0.717, 1.165) is 17.4 Å². The summed E-state index contributed by atoms with van der Waals surface area (Å²) in [5, 5.41) is 3.60. The lowest BCUT2D eigenvalue weighted by Crippen LogP contribution is -1.85. The van der Waals surface area contributed by atoms with Gasteiger partial charge < -0.3 is 0 Å². The third kappa shape index (κ3) is 1.56. The molecular formula is C10H6FNOS. The van der Waals surface area contributed by atoms with Crippen molar-refractivity contribution in [3.8, 4) is 11.1 Å². The van der Waals surface area contributed by atoms with Crippen molar-refractivity contribution < 1.29 is 9.18 Å². The monoisotopic (exact) mass is 207 g/mol. The Balaban J connectivity index is 2.49. The number of aldehydes is 1. The molecule has 0 bridgehead atoms. The number of hydrogen-bond donors (Lipinski definition) is 0. The highest BCUT2D eigenvalue weighted by Crippen LogP contribution is 2.25. The summed E-state index contributed by atoms with van der Waals surface area (Å²) in [7, 11) is 0. The van der Waals surface area contributed by atoms with Gasteiger partial charge in [-0.05, 0) is 17.5 Å². The van der Waals surface area contributed by atoms with E-state index < -0.39 is 5.95 Å². The summed E-state index contributed by atoms with van der Waals surface area (Å²) < 4.78 is 12.5. The minimum absolute atomic E-state index is 0.517. The predicted octanol–water partition coefficient (Wildman–Crippen LogP) is 2.76. The van der Waals surface area contributed by atoms with E-state index in [1.165, 1.54) is 23.6 Å². The number of pyridine rings is 1. The van der Waals surface area contributed by atoms with Gasteiger partial charge in [-0.2, -0.15) is 15.7 Å². The molecule has 0 radical (unpaired) electrons. The third-order valence-corrected chi connectivity index (χ3v) is 2.62. The lowest BCUT2D eigenvalue weighted by atomic mass is 10.1. The standard InChI is InChI=1S/C10H6FNOS/c11-10-2-1-7(3-12-10)9-6-14-5-8(9)4-13/h1-6H. The van der Waals surface area contributed by atoms with Gasteiger partial charge in [0.15, 0.2) is 6.29 Å². The Morgan fingerprint density at radius 2 is 2.21 bits per heavy atom. The molecular weight excluding hydrogens is 201 g/mol. The fourth-order valence-electron chi connectivity index (χ4n) is 1.17. The van der Waals surface area contributed by atoms with Crippen molar-refractivity contribution in [3.63, 3.8) is 0 Å². The van der Waals surface area contributed by atoms with Crippen molar-refractivity contribution in [3.05, 3.63) is 40.6 Å². The van der Waals surface area contributed by atoms with Crippen LogP contribution < -0.4 is 0 Å². The highest BCUT2D eigenvalue weighted by Gasteiger charge is 2.05. The molecule has 0 aliphatic rings. The number of carbonyl (C=O) groups is 1. The molecule has 0 N–H and O–H groups in total. The van der Waals surface area contributed by atoms with E-state index in [0.29, 0.717) is 5.56 Å². The lowest BCUT2D eigenvalue weighted by Gasteiger charge is -1.97. The van der Waals surface area contributed by atoms with Crippen LogP contribution in [0.25, 0.3) is 11.1 Å². The first kappa shape index (κ1) is 9.02. The molecule has 0 spiro atoms. The van der Waals surface area contributed by atoms with E-state index in [1.54, 1.807) is 11.4 Å². The van der Waals surface area contributed by atoms with Crippen molar-refractivity contribution in [1.29, 1.82) is 0 Å². The van der Waals surface area contributed by atoms with E-state index in [2.05, 4.69) is 4.98 Å². The van der Waals surface area contributed by atoms with Crippen LogP contribution in [-0.4, -0.2) is 11.3 Å². The van der Waals surface area contributed by atoms with Gasteiger partial charge in [0, 0.05) is 28.3 Å². The van der Waals surface area contributed by atoms with Crippen LogP contribution in [-0.2, 0) is 0 Å². The maximum absolute atomic E-state index is 12.5. The first-order chi connectivity index (χ1) is 6.81. The first-order valence-electron chi connectivity index (χ1n) is 3.94. The van der Waals surface area contributed by atoms with Gasteiger partial charge in [0.1, 0.15) is 0 Å². The summed E-state index contributed by atoms with van der Waals surface area (Å²) in [4.78, 5) is 14.2. The van der Waals surface area contributed by atoms with Crippen molar-refractivity contribution >= 4 is 17.6 Å². The van der Waals surface area contributed by atoms with E-state index in [4.69, 9.17) is 0 Å². The molecule has 0 aliphatic heterocycles. The molecule has 0 atom stereocenters. The number of carbonyl (C=O) groups excluding carboxylic acids is 1. The summed E-state index contributed by atoms with van der Waals surface area (Å²) >= 11 is 1.44. The van der Waals surface area contributed by atoms with E-state index in [1.807, 2.05) is 5.38 Å². The molecule has 0 amide bonds. The zero-order chi connectivity index (χ0) is 9.97. The Kier molecular flexibility index (Phi) is 2.37. The van der Waals surface area contributed by atoms with E-state index in [9.17, 15) is 9.18 Å². The molecule has 0 fully saturated rings. The van der Waals surface area contributed by atoms with Gasteiger partial charge >= 0.3 is 0 Å². The minimum Gasteiger partial charge on any atom is -0.298 e. The second kappa shape index (κ2) is 3.67. The summed E-state index contributed by atoms with van der Waals surface area (Å²) in [6, 6.07) is 2.89. The summed E-state index contributed by atoms with van der Waals surface area (Å²) in [5.41, 5.74) is 2.18. The molecule has 2 nitrogen and oxygen atoms in total. The molecule has 70 valence electrons. The first-order valence-corrected chi connectivity index (χ1v) is 4.89. The van der Waals surface area contributed by atoms with Crippen molar-refractivity contribution in [2.45, 2.75) is 0 Å². The fourth-order valence-corrected chi connectivity index (χ4v) is 1.97. The van der Waals surface area contributed by atoms with Gasteiger partial charge in [-0.15, -0.1) is 0 Å². The molecule has 2 aromatic heterocycles. The Morgan fingerprint density at radius 1 is 1.36 bits per heavy atom. The minimum atomic E-state index is -0.517. The summed E-state index contributed by atoms with van der Waals surface area (Å²) in [6.07, 6.45) is 2.21. The predicted molar refractivity (Wildman–Crippen MR) is 52.9 cm³/mol. The van der Waals surface area contributed by atoms with Crippen LogP contribution in [0.15, 0.2) is 29.1 Å². The largest absolute Gasteiger partial charge is 0.298 e. The van der Waals surface area contributed by atoms with Gasteiger partial charge in [0.25, 0.3) is 0 Å². The molecule has 0 unspecified atom stereocenters. The van der Waals surface area contributed by atoms with Crippen LogP contribution in [0, 0.1) is 5.95 Å². The Morgan fingerprint density at radius 3 is 2.86 bits per heavy atom. The van der Waals surface area contributed by atoms with Crippen molar-refractivity contribution in [2.75, 3.05) is 0 Å². The molecule has 0 aromatic carbocycles. The second-order valence-electron chi connectivity index (χ2n) is 2.73. The number of thiophene rings is 1. The SMILES string of the molecule is O=Cc1cscc1-c1ccc(F)nc1. The van der Waals surface area contributed by atoms with Gasteiger partial charge in [-0.25, -0.2) is 4.98 Å². The van der Waals surface area contributed by atoms with Gasteiger partial charge in [-0.1, -0.05) is 0 Å². The number of hydrogen-bond acceptors (Lipinski definition) is 3. The second-order valence-corrected chi connectivity index (χ2v) is 3.47. The van der Waals surface area contributed by atoms with Crippen LogP contribution in [0.5, 0.6) is 0 Å². The van der Waals surface area contributed by atoms with Crippen molar-refractivity contribution in [2.24, 2.45) is 0 Å². The number of nitrogens with zero attached hydrogens (tertiary/aromatic N) is 1. The van der Waals surface area contributed by atoms with Gasteiger partial charge in [-0.3, -0.25) is 4.79 Å². The Hall–Kier alpha value is -1.55. The zero-order valence-corrected chi connectivity index (χ0v) is 7.92. The molecule has 4 heteroatoms. The average molecular weight is 207 g/mol. The van der Waals surface area contributed by atoms with Crippen LogP contribution >= 0.6 is 11.3 Å². The highest BCUT2D eigenvalue weighted by molar-refractivity contribution is 7.08. The van der Waals surface area contributed by atoms with Crippen molar-refractivity contribution in [1.82, 2.24) is 4.98 Å². The maximum Gasteiger partial charge on any atom is 0.212 e. The summed E-state index contributed by atoms with van der Waals surface area (Å²) in [6.45, 7) is 0. The molecule has 14 heavy (non-hydrogen) atoms. The molecule has 0 aliphatic carbocycles. The maximum atomic E-state index is 12.5. The van der Waals surface area contributed by atoms with Crippen LogP contribution in [0.3, 0.4) is 0 Å². The normalized spacial score (nSPS) is 10.1. The van der Waals surface area contributed by atoms with Gasteiger partial charge in [0.05, 0.1) is 0 Å². The zero-order valence-electron chi connectivity index (χ0n) is 7.11. The Bertz CT molecular complexity index is 449. The van der Waals surface area contributed by atoms with Gasteiger partial charge in [0.2, 0.25) is 5.95 Å². The lowest BCUT2D eigenvalue weighted by molar-refractivity contribution is 0.112. The van der Waals surface area contributed by atoms with Crippen LogP contribution in [0.2, 0.25) is 0 Å². The smallest absolute Gasteiger partial charge is 0.212 e. The average Bonchev–Trinajstić information content (AvgIpc) is 2.67. The molecule has 2 rings (SSSR count). The molecule has 2 aromatic rings. The van der Waals surface area contributed by atoms with Crippen LogP contribution in [0.4, 0.5) is 4.39 Å². The fraction of sp³-hybridized carbons (Fsp3) is 0. The molecule has 0 saturated carbocycles. The van der Waals surface area contributed by atoms with Crippen LogP contribution in [0.1, 0.15) is 10.4 Å². The number of halogens is 1. The molecule has 2 heterocycles. The Labute approximate surface area is 84.0 Å². The number of aromatic nitrogens is 1. The molecule has 0 saturated heterocycles. The van der Waals surface area contributed by atoms with E-state index >= 15 is 0 Å². The quantitative estimate of drug-likeness (QED) is 0.560.